The van der Waals surface area contributed by atoms with Crippen molar-refractivity contribution in [1.82, 2.24) is 0 Å². The Hall–Kier alpha value is -1.34. The van der Waals surface area contributed by atoms with E-state index >= 15 is 0 Å². The van der Waals surface area contributed by atoms with E-state index in [1.54, 1.807) is 0 Å². The van der Waals surface area contributed by atoms with Crippen LogP contribution in [-0.2, 0) is 0 Å². The highest BCUT2D eigenvalue weighted by atomic mass is 16.3. The Balaban J connectivity index is -0.000000233. The Morgan fingerprint density at radius 1 is 0.944 bits per heavy atom. The first-order valence-electron chi connectivity index (χ1n) is 5.08. The average Bonchev–Trinajstić information content (AvgIpc) is 2.23. The van der Waals surface area contributed by atoms with Gasteiger partial charge < -0.3 is 30.6 Å². The van der Waals surface area contributed by atoms with Crippen LogP contribution in [0.15, 0.2) is 36.8 Å². The average molecular weight is 262 g/mol. The third-order valence-corrected chi connectivity index (χ3v) is 0.930. The maximum absolute atomic E-state index is 9.33. The van der Waals surface area contributed by atoms with E-state index in [0.717, 1.165) is 0 Å². The van der Waals surface area contributed by atoms with Gasteiger partial charge in [0.15, 0.2) is 0 Å². The molecule has 0 bridgehead atoms. The summed E-state index contributed by atoms with van der Waals surface area (Å²) in [5, 5.41) is 52.6. The van der Waals surface area contributed by atoms with Crippen LogP contribution in [0.4, 0.5) is 0 Å². The van der Waals surface area contributed by atoms with Crippen LogP contribution in [0.25, 0.3) is 0 Å². The third kappa shape index (κ3) is 46.6. The molecular formula is C12H22O6-2. The van der Waals surface area contributed by atoms with Crippen molar-refractivity contribution in [2.45, 2.75) is 26.1 Å². The molecule has 4 N–H and O–H groups in total. The zero-order valence-corrected chi connectivity index (χ0v) is 10.7. The fourth-order valence-corrected chi connectivity index (χ4v) is 0.378. The van der Waals surface area contributed by atoms with E-state index in [-0.39, 0.29) is 24.7 Å². The van der Waals surface area contributed by atoms with Crippen LogP contribution in [0.5, 0.6) is 0 Å². The normalized spacial score (nSPS) is 12.6. The van der Waals surface area contributed by atoms with Crippen LogP contribution < -0.4 is 10.2 Å². The molecule has 108 valence electrons. The topological polar surface area (TPSA) is 127 Å². The van der Waals surface area contributed by atoms with Gasteiger partial charge in [-0.15, -0.1) is 24.7 Å². The van der Waals surface area contributed by atoms with Gasteiger partial charge in [-0.05, 0) is 0 Å². The fourth-order valence-electron chi connectivity index (χ4n) is 0.378. The summed E-state index contributed by atoms with van der Waals surface area (Å²) in [6.07, 6.45) is 0.532. The predicted octanol–water partition coefficient (Wildman–Crippen LogP) is -1.99. The van der Waals surface area contributed by atoms with Gasteiger partial charge in [0.05, 0.1) is 25.4 Å². The molecule has 0 saturated carbocycles. The Morgan fingerprint density at radius 3 is 1.22 bits per heavy atom. The van der Waals surface area contributed by atoms with Crippen LogP contribution >= 0.6 is 0 Å². The predicted molar refractivity (Wildman–Crippen MR) is 65.0 cm³/mol. The summed E-state index contributed by atoms with van der Waals surface area (Å²) in [6, 6.07) is 0. The van der Waals surface area contributed by atoms with E-state index in [2.05, 4.69) is 13.2 Å². The van der Waals surface area contributed by atoms with Gasteiger partial charge in [0.25, 0.3) is 0 Å². The van der Waals surface area contributed by atoms with Crippen molar-refractivity contribution in [3.63, 3.8) is 0 Å². The first kappa shape index (κ1) is 21.9. The van der Waals surface area contributed by atoms with Gasteiger partial charge in [-0.2, -0.15) is 0 Å². The van der Waals surface area contributed by atoms with Crippen molar-refractivity contribution >= 4 is 0 Å². The monoisotopic (exact) mass is 262 g/mol. The molecular weight excluding hydrogens is 240 g/mol. The zero-order valence-electron chi connectivity index (χ0n) is 10.7. The van der Waals surface area contributed by atoms with Crippen molar-refractivity contribution in [3.05, 3.63) is 36.8 Å². The molecule has 18 heavy (non-hydrogen) atoms. The highest BCUT2D eigenvalue weighted by Gasteiger charge is 1.97. The Bertz CT molecular complexity index is 205. The van der Waals surface area contributed by atoms with Crippen LogP contribution in [-0.4, -0.2) is 45.8 Å². The van der Waals surface area contributed by atoms with Crippen LogP contribution in [0.3, 0.4) is 0 Å². The molecule has 0 aliphatic rings. The molecule has 0 saturated heterocycles. The minimum atomic E-state index is -0.957. The molecule has 2 atom stereocenters. The number of allylic oxidation sites excluding steroid dienone is 2. The Morgan fingerprint density at radius 2 is 1.11 bits per heavy atom. The Kier molecular flexibility index (Phi) is 19.0. The minimum absolute atomic E-state index is 0.0833. The first-order valence-corrected chi connectivity index (χ1v) is 5.08. The molecule has 0 fully saturated rings. The molecule has 0 radical (unpaired) electrons. The maximum Gasteiger partial charge on any atom is 0.0952 e. The van der Waals surface area contributed by atoms with E-state index in [4.69, 9.17) is 20.4 Å². The summed E-state index contributed by atoms with van der Waals surface area (Å²) in [6.45, 7) is 8.07. The van der Waals surface area contributed by atoms with E-state index in [1.807, 2.05) is 0 Å². The largest absolute Gasteiger partial charge is 0.876 e. The highest BCUT2D eigenvalue weighted by molar-refractivity contribution is 4.92. The van der Waals surface area contributed by atoms with Crippen molar-refractivity contribution in [1.29, 1.82) is 0 Å². The number of rotatable bonds is 4. The van der Waals surface area contributed by atoms with Crippen molar-refractivity contribution in [2.24, 2.45) is 0 Å². The second kappa shape index (κ2) is 15.7. The van der Waals surface area contributed by atoms with Gasteiger partial charge in [-0.3, -0.25) is 0 Å². The van der Waals surface area contributed by atoms with Gasteiger partial charge in [0, 0.05) is 0 Å². The summed E-state index contributed by atoms with van der Waals surface area (Å²) in [5.74, 6) is -0.167. The molecule has 0 heterocycles. The molecule has 0 aromatic heterocycles. The molecule has 0 aromatic rings. The van der Waals surface area contributed by atoms with E-state index in [1.165, 1.54) is 26.0 Å². The zero-order chi connectivity index (χ0) is 15.1. The third-order valence-electron chi connectivity index (χ3n) is 0.930. The summed E-state index contributed by atoms with van der Waals surface area (Å²) in [5.41, 5.74) is 0. The number of aliphatic hydroxyl groups excluding tert-OH is 4. The lowest BCUT2D eigenvalue weighted by molar-refractivity contribution is -0.301. The van der Waals surface area contributed by atoms with Crippen molar-refractivity contribution < 1.29 is 30.6 Å². The number of hydrogen-bond donors (Lipinski definition) is 4. The van der Waals surface area contributed by atoms with Crippen LogP contribution in [0, 0.1) is 0 Å². The van der Waals surface area contributed by atoms with E-state index in [0.29, 0.717) is 0 Å². The van der Waals surface area contributed by atoms with Gasteiger partial charge >= 0.3 is 0 Å². The van der Waals surface area contributed by atoms with Gasteiger partial charge in [-0.1, -0.05) is 26.0 Å². The lowest BCUT2D eigenvalue weighted by Crippen LogP contribution is -2.12. The smallest absolute Gasteiger partial charge is 0.0952 e. The molecule has 0 unspecified atom stereocenters. The lowest BCUT2D eigenvalue weighted by Gasteiger charge is -2.01. The minimum Gasteiger partial charge on any atom is -0.876 e. The maximum atomic E-state index is 9.33. The molecule has 6 heteroatoms. The van der Waals surface area contributed by atoms with E-state index in [9.17, 15) is 10.2 Å². The standard InChI is InChI=1S/C6H12O4.2C3H6O/c7-3-5(9)1-2-6(10)4-8;2*1-3(2)4/h1-2,5-10H,3-4H2;2*4H,1H2,2H3/p-2/t5-,6-;;/m1../s1. The fraction of sp³-hybridized carbons (Fsp3) is 0.500. The molecule has 0 aromatic carbocycles. The molecule has 0 aliphatic heterocycles. The molecule has 0 spiro atoms. The summed E-state index contributed by atoms with van der Waals surface area (Å²) in [4.78, 5) is 0. The Labute approximate surface area is 107 Å². The SMILES string of the molecule is C=C(C)[O-].C=C(C)[O-].OC[C@H](O)C=C[C@@H](O)CO. The first-order chi connectivity index (χ1) is 8.17. The van der Waals surface area contributed by atoms with Crippen molar-refractivity contribution in [2.75, 3.05) is 13.2 Å². The molecule has 6 nitrogen and oxygen atoms in total. The molecule has 0 amide bonds. The van der Waals surface area contributed by atoms with Crippen LogP contribution in [0.1, 0.15) is 13.8 Å². The quantitative estimate of drug-likeness (QED) is 0.343. The number of hydrogen-bond acceptors (Lipinski definition) is 6. The van der Waals surface area contributed by atoms with Crippen molar-refractivity contribution in [3.8, 4) is 0 Å². The second-order valence-electron chi connectivity index (χ2n) is 3.29. The second-order valence-corrected chi connectivity index (χ2v) is 3.29. The lowest BCUT2D eigenvalue weighted by atomic mass is 10.3. The molecule has 0 rings (SSSR count). The van der Waals surface area contributed by atoms with E-state index < -0.39 is 12.2 Å². The molecule has 0 aliphatic carbocycles. The summed E-state index contributed by atoms with van der Waals surface area (Å²) >= 11 is 0. The van der Waals surface area contributed by atoms with Gasteiger partial charge in [-0.25, -0.2) is 0 Å². The number of aliphatic hydroxyl groups is 4. The summed E-state index contributed by atoms with van der Waals surface area (Å²) < 4.78 is 0. The van der Waals surface area contributed by atoms with Crippen LogP contribution in [0.2, 0.25) is 0 Å². The van der Waals surface area contributed by atoms with Gasteiger partial charge in [0.1, 0.15) is 0 Å². The van der Waals surface area contributed by atoms with Gasteiger partial charge in [0.2, 0.25) is 0 Å². The highest BCUT2D eigenvalue weighted by Crippen LogP contribution is 1.88. The summed E-state index contributed by atoms with van der Waals surface area (Å²) in [7, 11) is 0.